The summed E-state index contributed by atoms with van der Waals surface area (Å²) in [5, 5.41) is 5.13. The van der Waals surface area contributed by atoms with Crippen molar-refractivity contribution in [2.75, 3.05) is 4.90 Å². The molecule has 1 aliphatic carbocycles. The SMILES string of the molecule is CC1(c2ccccc2)c2ccccc2-c2ccc(N(c3cccc(-c4cccc(-c5cccc6c5sc5ccccc56)c4)c3)c3cccc(-c4cccc5ccccc45)c3)cc21. The van der Waals surface area contributed by atoms with E-state index in [4.69, 9.17) is 0 Å². The summed E-state index contributed by atoms with van der Waals surface area (Å²) in [6.45, 7) is 2.40. The van der Waals surface area contributed by atoms with Crippen molar-refractivity contribution in [1.82, 2.24) is 0 Å². The number of hydrogen-bond donors (Lipinski definition) is 0. The van der Waals surface area contributed by atoms with Gasteiger partial charge in [-0.05, 0) is 127 Å². The first kappa shape index (κ1) is 36.3. The first-order valence-corrected chi connectivity index (χ1v) is 22.2. The second-order valence-corrected chi connectivity index (χ2v) is 17.6. The minimum Gasteiger partial charge on any atom is -0.310 e. The first-order valence-electron chi connectivity index (χ1n) is 21.4. The lowest BCUT2D eigenvalue weighted by atomic mass is 9.74. The number of hydrogen-bond acceptors (Lipinski definition) is 2. The van der Waals surface area contributed by atoms with Gasteiger partial charge in [-0.15, -0.1) is 11.3 Å². The number of thiophene rings is 1. The van der Waals surface area contributed by atoms with Crippen LogP contribution in [0.15, 0.2) is 231 Å². The van der Waals surface area contributed by atoms with Crippen LogP contribution >= 0.6 is 11.3 Å². The maximum atomic E-state index is 2.45. The highest BCUT2D eigenvalue weighted by Gasteiger charge is 2.41. The van der Waals surface area contributed by atoms with Crippen LogP contribution in [0.5, 0.6) is 0 Å². The second-order valence-electron chi connectivity index (χ2n) is 16.6. The Bertz CT molecular complexity index is 3500. The largest absolute Gasteiger partial charge is 0.310 e. The Labute approximate surface area is 366 Å². The van der Waals surface area contributed by atoms with Crippen molar-refractivity contribution in [2.24, 2.45) is 0 Å². The van der Waals surface area contributed by atoms with E-state index in [-0.39, 0.29) is 5.41 Å². The fourth-order valence-corrected chi connectivity index (χ4v) is 11.3. The summed E-state index contributed by atoms with van der Waals surface area (Å²) in [4.78, 5) is 2.45. The molecule has 1 heterocycles. The van der Waals surface area contributed by atoms with Gasteiger partial charge >= 0.3 is 0 Å². The number of fused-ring (bicyclic) bond motifs is 7. The monoisotopic (exact) mass is 807 g/mol. The lowest BCUT2D eigenvalue weighted by Crippen LogP contribution is -2.22. The normalized spacial score (nSPS) is 14.3. The van der Waals surface area contributed by atoms with Gasteiger partial charge in [0.25, 0.3) is 0 Å². The molecule has 1 unspecified atom stereocenters. The zero-order valence-electron chi connectivity index (χ0n) is 34.3. The molecule has 11 aromatic rings. The Morgan fingerprint density at radius 1 is 0.355 bits per heavy atom. The van der Waals surface area contributed by atoms with Crippen molar-refractivity contribution in [2.45, 2.75) is 12.3 Å². The summed E-state index contributed by atoms with van der Waals surface area (Å²) in [6.07, 6.45) is 0. The van der Waals surface area contributed by atoms with Crippen LogP contribution in [-0.2, 0) is 5.41 Å². The second kappa shape index (κ2) is 14.6. The Morgan fingerprint density at radius 3 is 1.76 bits per heavy atom. The molecule has 2 heteroatoms. The highest BCUT2D eigenvalue weighted by atomic mass is 32.1. The highest BCUT2D eigenvalue weighted by molar-refractivity contribution is 7.26. The minimum absolute atomic E-state index is 0.320. The molecule has 62 heavy (non-hydrogen) atoms. The van der Waals surface area contributed by atoms with Gasteiger partial charge in [0.15, 0.2) is 0 Å². The number of nitrogens with zero attached hydrogens (tertiary/aromatic N) is 1. The molecule has 0 bridgehead atoms. The number of rotatable bonds is 7. The van der Waals surface area contributed by atoms with Gasteiger partial charge in [0.05, 0.1) is 0 Å². The van der Waals surface area contributed by atoms with Crippen LogP contribution in [-0.4, -0.2) is 0 Å². The van der Waals surface area contributed by atoms with Crippen LogP contribution in [0.25, 0.3) is 75.5 Å². The van der Waals surface area contributed by atoms with Crippen molar-refractivity contribution in [3.05, 3.63) is 247 Å². The van der Waals surface area contributed by atoms with E-state index < -0.39 is 0 Å². The molecule has 0 aliphatic heterocycles. The van der Waals surface area contributed by atoms with E-state index in [1.807, 2.05) is 11.3 Å². The van der Waals surface area contributed by atoms with Crippen LogP contribution < -0.4 is 4.90 Å². The first-order chi connectivity index (χ1) is 30.6. The maximum absolute atomic E-state index is 2.45. The van der Waals surface area contributed by atoms with E-state index in [1.54, 1.807) is 0 Å². The molecule has 1 atom stereocenters. The topological polar surface area (TPSA) is 3.24 Å². The lowest BCUT2D eigenvalue weighted by molar-refractivity contribution is 0.714. The van der Waals surface area contributed by atoms with Crippen molar-refractivity contribution in [3.63, 3.8) is 0 Å². The predicted octanol–water partition coefficient (Wildman–Crippen LogP) is 17.0. The van der Waals surface area contributed by atoms with Gasteiger partial charge in [0.1, 0.15) is 0 Å². The lowest BCUT2D eigenvalue weighted by Gasteiger charge is -2.31. The third kappa shape index (κ3) is 5.83. The Hall–Kier alpha value is -7.52. The molecule has 0 saturated carbocycles. The summed E-state index contributed by atoms with van der Waals surface area (Å²) < 4.78 is 2.65. The summed E-state index contributed by atoms with van der Waals surface area (Å²) in [5.74, 6) is 0. The molecule has 1 nitrogen and oxygen atoms in total. The number of benzene rings is 10. The highest BCUT2D eigenvalue weighted by Crippen LogP contribution is 2.54. The fourth-order valence-electron chi connectivity index (χ4n) is 10.1. The summed E-state index contributed by atoms with van der Waals surface area (Å²) in [6, 6.07) is 85.1. The summed E-state index contributed by atoms with van der Waals surface area (Å²) in [5.41, 5.74) is 16.8. The molecule has 0 N–H and O–H groups in total. The predicted molar refractivity (Wildman–Crippen MR) is 265 cm³/mol. The van der Waals surface area contributed by atoms with Gasteiger partial charge in [-0.1, -0.05) is 182 Å². The minimum atomic E-state index is -0.320. The molecular weight excluding hydrogens is 767 g/mol. The van der Waals surface area contributed by atoms with E-state index in [0.29, 0.717) is 0 Å². The molecule has 1 aliphatic rings. The van der Waals surface area contributed by atoms with Crippen LogP contribution in [0, 0.1) is 0 Å². The van der Waals surface area contributed by atoms with Gasteiger partial charge in [-0.3, -0.25) is 0 Å². The average Bonchev–Trinajstić information content (AvgIpc) is 3.85. The molecule has 292 valence electrons. The molecule has 0 amide bonds. The molecule has 0 saturated heterocycles. The van der Waals surface area contributed by atoms with Crippen LogP contribution in [0.3, 0.4) is 0 Å². The molecule has 12 rings (SSSR count). The Balaban J connectivity index is 1.03. The third-order valence-corrected chi connectivity index (χ3v) is 14.3. The van der Waals surface area contributed by atoms with E-state index >= 15 is 0 Å². The third-order valence-electron chi connectivity index (χ3n) is 13.1. The van der Waals surface area contributed by atoms with Crippen LogP contribution in [0.4, 0.5) is 17.1 Å². The molecular formula is C60H41NS. The summed E-state index contributed by atoms with van der Waals surface area (Å²) >= 11 is 1.88. The molecule has 0 spiro atoms. The molecule has 10 aromatic carbocycles. The average molecular weight is 808 g/mol. The smallest absolute Gasteiger partial charge is 0.0467 e. The van der Waals surface area contributed by atoms with Crippen LogP contribution in [0.1, 0.15) is 23.6 Å². The van der Waals surface area contributed by atoms with Crippen molar-refractivity contribution >= 4 is 59.3 Å². The summed E-state index contributed by atoms with van der Waals surface area (Å²) in [7, 11) is 0. The molecule has 0 radical (unpaired) electrons. The standard InChI is InChI=1S/C60H41NS/c1-60(45-22-3-2-4-23-45)56-32-9-7-27-52(56)53-35-34-48(39-57(53)60)61(47-25-13-21-44(38-47)50-29-14-17-40-16-5-6-26-49(40)50)46-24-12-19-42(37-46)41-18-11-20-43(36-41)51-30-15-31-55-54-28-8-10-33-58(54)62-59(51)55/h2-39H,1H3. The molecule has 1 aromatic heterocycles. The van der Waals surface area contributed by atoms with E-state index in [0.717, 1.165) is 17.1 Å². The van der Waals surface area contributed by atoms with Crippen molar-refractivity contribution in [3.8, 4) is 44.5 Å². The van der Waals surface area contributed by atoms with Gasteiger partial charge in [0.2, 0.25) is 0 Å². The number of anilines is 3. The van der Waals surface area contributed by atoms with Crippen molar-refractivity contribution in [1.29, 1.82) is 0 Å². The Kier molecular flexibility index (Phi) is 8.55. The van der Waals surface area contributed by atoms with E-state index in [1.165, 1.54) is 92.1 Å². The quantitative estimate of drug-likeness (QED) is 0.155. The van der Waals surface area contributed by atoms with E-state index in [2.05, 4.69) is 242 Å². The zero-order valence-corrected chi connectivity index (χ0v) is 35.1. The van der Waals surface area contributed by atoms with Crippen molar-refractivity contribution < 1.29 is 0 Å². The van der Waals surface area contributed by atoms with E-state index in [9.17, 15) is 0 Å². The zero-order chi connectivity index (χ0) is 41.2. The van der Waals surface area contributed by atoms with Gasteiger partial charge in [-0.2, -0.15) is 0 Å². The van der Waals surface area contributed by atoms with Crippen LogP contribution in [0.2, 0.25) is 0 Å². The van der Waals surface area contributed by atoms with Gasteiger partial charge < -0.3 is 4.90 Å². The Morgan fingerprint density at radius 2 is 0.903 bits per heavy atom. The van der Waals surface area contributed by atoms with Gasteiger partial charge in [0, 0.05) is 42.6 Å². The fraction of sp³-hybridized carbons (Fsp3) is 0.0333. The molecule has 0 fully saturated rings. The maximum Gasteiger partial charge on any atom is 0.0467 e. The van der Waals surface area contributed by atoms with Gasteiger partial charge in [-0.25, -0.2) is 0 Å².